The van der Waals surface area contributed by atoms with Crippen LogP contribution in [-0.4, -0.2) is 14.9 Å². The Morgan fingerprint density at radius 3 is 2.41 bits per heavy atom. The van der Waals surface area contributed by atoms with Crippen LogP contribution < -0.4 is 29.6 Å². The smallest absolute Gasteiger partial charge is 1.00 e. The maximum atomic E-state index is 11.6. The van der Waals surface area contributed by atoms with Gasteiger partial charge in [-0.3, -0.25) is 4.79 Å². The van der Waals surface area contributed by atoms with E-state index in [9.17, 15) is 13.2 Å². The van der Waals surface area contributed by atoms with E-state index < -0.39 is 10.1 Å². The van der Waals surface area contributed by atoms with Crippen LogP contribution in [0.1, 0.15) is 1.43 Å². The molecule has 0 fully saturated rings. The number of carbonyl (C=O) groups is 1. The summed E-state index contributed by atoms with van der Waals surface area (Å²) in [6.07, 6.45) is 0. The van der Waals surface area contributed by atoms with Crippen molar-refractivity contribution < 1.29 is 48.4 Å². The Labute approximate surface area is 122 Å². The van der Waals surface area contributed by atoms with Crippen LogP contribution >= 0.6 is 0 Å². The number of hydrogen-bond acceptors (Lipinski definition) is 4. The predicted molar refractivity (Wildman–Crippen MR) is 59.4 cm³/mol. The minimum atomic E-state index is -4.00. The number of benzene rings is 2. The van der Waals surface area contributed by atoms with E-state index in [1.54, 1.807) is 36.4 Å². The van der Waals surface area contributed by atoms with Gasteiger partial charge in [0.1, 0.15) is 4.90 Å². The van der Waals surface area contributed by atoms with Gasteiger partial charge in [-0.2, -0.15) is 8.42 Å². The number of fused-ring (bicyclic) bond motifs is 1. The van der Waals surface area contributed by atoms with Crippen LogP contribution in [0.5, 0.6) is 0 Å². The SMILES string of the molecule is O=COS(=O)(=O)c1cccc2ccccc12.[H-].[Na+]. The zero-order valence-electron chi connectivity index (χ0n) is 10.2. The fourth-order valence-corrected chi connectivity index (χ4v) is 2.42. The van der Waals surface area contributed by atoms with Gasteiger partial charge in [0, 0.05) is 5.39 Å². The van der Waals surface area contributed by atoms with Crippen molar-refractivity contribution in [2.24, 2.45) is 0 Å². The second-order valence-electron chi connectivity index (χ2n) is 3.12. The monoisotopic (exact) mass is 260 g/mol. The molecule has 0 atom stereocenters. The standard InChI is InChI=1S/C11H8O4S.Na.H/c12-8-15-16(13,14)11-7-3-5-9-4-1-2-6-10(9)11;;/h1-8H;;/q;+1;-1. The van der Waals surface area contributed by atoms with E-state index in [4.69, 9.17) is 0 Å². The molecule has 0 aromatic heterocycles. The van der Waals surface area contributed by atoms with Crippen LogP contribution in [0.25, 0.3) is 10.8 Å². The molecular weight excluding hydrogens is 251 g/mol. The number of rotatable bonds is 3. The van der Waals surface area contributed by atoms with Crippen LogP contribution in [0, 0.1) is 0 Å². The first-order valence-electron chi connectivity index (χ1n) is 4.50. The molecule has 4 nitrogen and oxygen atoms in total. The third-order valence-electron chi connectivity index (χ3n) is 2.18. The van der Waals surface area contributed by atoms with Crippen LogP contribution in [-0.2, 0) is 19.1 Å². The van der Waals surface area contributed by atoms with Gasteiger partial charge in [-0.25, -0.2) is 0 Å². The summed E-state index contributed by atoms with van der Waals surface area (Å²) in [6, 6.07) is 11.8. The Bertz CT molecular complexity index is 637. The van der Waals surface area contributed by atoms with Crippen molar-refractivity contribution in [3.63, 3.8) is 0 Å². The summed E-state index contributed by atoms with van der Waals surface area (Å²) < 4.78 is 27.3. The molecule has 0 spiro atoms. The van der Waals surface area contributed by atoms with Crippen LogP contribution in [0.15, 0.2) is 47.4 Å². The topological polar surface area (TPSA) is 60.4 Å². The quantitative estimate of drug-likeness (QED) is 0.396. The summed E-state index contributed by atoms with van der Waals surface area (Å²) in [5, 5.41) is 1.31. The Morgan fingerprint density at radius 2 is 1.71 bits per heavy atom. The first-order chi connectivity index (χ1) is 7.65. The molecule has 0 aliphatic heterocycles. The molecule has 17 heavy (non-hydrogen) atoms. The molecule has 2 aromatic rings. The van der Waals surface area contributed by atoms with E-state index in [1.165, 1.54) is 6.07 Å². The molecule has 0 radical (unpaired) electrons. The van der Waals surface area contributed by atoms with Gasteiger partial charge in [0.2, 0.25) is 0 Å². The van der Waals surface area contributed by atoms with E-state index >= 15 is 0 Å². The minimum absolute atomic E-state index is 0. The molecule has 0 bridgehead atoms. The van der Waals surface area contributed by atoms with E-state index in [0.29, 0.717) is 5.39 Å². The summed E-state index contributed by atoms with van der Waals surface area (Å²) in [5.41, 5.74) is 0. The van der Waals surface area contributed by atoms with Crippen LogP contribution in [0.2, 0.25) is 0 Å². The van der Waals surface area contributed by atoms with Gasteiger partial charge < -0.3 is 5.61 Å². The zero-order valence-corrected chi connectivity index (χ0v) is 12.0. The molecule has 0 saturated carbocycles. The van der Waals surface area contributed by atoms with Gasteiger partial charge >= 0.3 is 46.1 Å². The van der Waals surface area contributed by atoms with Crippen molar-refractivity contribution in [3.05, 3.63) is 42.5 Å². The van der Waals surface area contributed by atoms with E-state index in [1.807, 2.05) is 0 Å². The van der Waals surface area contributed by atoms with E-state index in [0.717, 1.165) is 5.39 Å². The largest absolute Gasteiger partial charge is 1.00 e. The predicted octanol–water partition coefficient (Wildman–Crippen LogP) is -1.18. The summed E-state index contributed by atoms with van der Waals surface area (Å²) in [7, 11) is -4.00. The molecule has 2 rings (SSSR count). The molecule has 0 saturated heterocycles. The van der Waals surface area contributed by atoms with E-state index in [2.05, 4.69) is 4.18 Å². The maximum absolute atomic E-state index is 11.6. The molecule has 0 unspecified atom stereocenters. The molecule has 2 aromatic carbocycles. The second kappa shape index (κ2) is 5.64. The van der Waals surface area contributed by atoms with Crippen molar-refractivity contribution >= 4 is 27.4 Å². The van der Waals surface area contributed by atoms with Crippen LogP contribution in [0.4, 0.5) is 0 Å². The molecule has 84 valence electrons. The fraction of sp³-hybridized carbons (Fsp3) is 0. The molecule has 0 heterocycles. The van der Waals surface area contributed by atoms with Crippen molar-refractivity contribution in [2.75, 3.05) is 0 Å². The minimum Gasteiger partial charge on any atom is -1.00 e. The van der Waals surface area contributed by atoms with Crippen LogP contribution in [0.3, 0.4) is 0 Å². The fourth-order valence-electron chi connectivity index (χ4n) is 1.52. The Kier molecular flexibility index (Phi) is 4.70. The number of hydrogen-bond donors (Lipinski definition) is 0. The average Bonchev–Trinajstić information content (AvgIpc) is 2.28. The van der Waals surface area contributed by atoms with Crippen molar-refractivity contribution in [1.82, 2.24) is 0 Å². The third kappa shape index (κ3) is 2.87. The first-order valence-corrected chi connectivity index (χ1v) is 5.91. The summed E-state index contributed by atoms with van der Waals surface area (Å²) in [6.45, 7) is -0.0862. The Morgan fingerprint density at radius 1 is 1.06 bits per heavy atom. The molecule has 0 amide bonds. The molecule has 0 aliphatic carbocycles. The molecule has 6 heteroatoms. The summed E-state index contributed by atoms with van der Waals surface area (Å²) in [4.78, 5) is 10.1. The van der Waals surface area contributed by atoms with Crippen molar-refractivity contribution in [1.29, 1.82) is 0 Å². The Balaban J connectivity index is 0.00000144. The van der Waals surface area contributed by atoms with Crippen molar-refractivity contribution in [2.45, 2.75) is 4.90 Å². The van der Waals surface area contributed by atoms with E-state index in [-0.39, 0.29) is 42.4 Å². The van der Waals surface area contributed by atoms with Gasteiger partial charge in [0.25, 0.3) is 0 Å². The van der Waals surface area contributed by atoms with Crippen molar-refractivity contribution in [3.8, 4) is 0 Å². The molecule has 0 aliphatic rings. The third-order valence-corrected chi connectivity index (χ3v) is 3.41. The first kappa shape index (κ1) is 14.2. The number of carbonyl (C=O) groups excluding carboxylic acids is 1. The zero-order chi connectivity index (χ0) is 11.6. The second-order valence-corrected chi connectivity index (χ2v) is 4.66. The van der Waals surface area contributed by atoms with Gasteiger partial charge in [0.15, 0.2) is 0 Å². The average molecular weight is 260 g/mol. The maximum Gasteiger partial charge on any atom is 1.00 e. The normalized spacial score (nSPS) is 10.6. The van der Waals surface area contributed by atoms with Gasteiger partial charge in [-0.1, -0.05) is 36.4 Å². The summed E-state index contributed by atoms with van der Waals surface area (Å²) in [5.74, 6) is 0. The van der Waals surface area contributed by atoms with Gasteiger partial charge in [-0.15, -0.1) is 0 Å². The van der Waals surface area contributed by atoms with Gasteiger partial charge in [-0.05, 0) is 11.5 Å². The molecule has 0 N–H and O–H groups in total. The molecular formula is C11H9NaO4S. The Hall–Kier alpha value is -0.880. The van der Waals surface area contributed by atoms with Gasteiger partial charge in [0.05, 0.1) is 0 Å². The summed E-state index contributed by atoms with van der Waals surface area (Å²) >= 11 is 0.